The van der Waals surface area contributed by atoms with Crippen molar-refractivity contribution < 1.29 is 19.1 Å². The van der Waals surface area contributed by atoms with Crippen LogP contribution in [0.25, 0.3) is 0 Å². The van der Waals surface area contributed by atoms with Crippen molar-refractivity contribution >= 4 is 12.1 Å². The molecular weight excluding hydrogens is 292 g/mol. The molecule has 2 aliphatic carbocycles. The molecule has 0 aliphatic heterocycles. The highest BCUT2D eigenvalue weighted by Crippen LogP contribution is 2.48. The van der Waals surface area contributed by atoms with Gasteiger partial charge in [0.05, 0.1) is 12.5 Å². The molecule has 1 fully saturated rings. The van der Waals surface area contributed by atoms with Gasteiger partial charge < -0.3 is 9.47 Å². The van der Waals surface area contributed by atoms with Crippen molar-refractivity contribution in [3.05, 3.63) is 11.6 Å². The van der Waals surface area contributed by atoms with Crippen LogP contribution < -0.4 is 0 Å². The third kappa shape index (κ3) is 4.36. The Bertz CT molecular complexity index is 468. The van der Waals surface area contributed by atoms with Gasteiger partial charge in [0.25, 0.3) is 0 Å². The molecule has 4 nitrogen and oxygen atoms in total. The van der Waals surface area contributed by atoms with E-state index in [1.807, 2.05) is 13.8 Å². The highest BCUT2D eigenvalue weighted by atomic mass is 16.7. The average Bonchev–Trinajstić information content (AvgIpc) is 2.52. The molecule has 0 spiro atoms. The van der Waals surface area contributed by atoms with Gasteiger partial charge in [-0.25, -0.2) is 4.79 Å². The Morgan fingerprint density at radius 1 is 1.30 bits per heavy atom. The van der Waals surface area contributed by atoms with E-state index in [4.69, 9.17) is 9.47 Å². The summed E-state index contributed by atoms with van der Waals surface area (Å²) in [6.07, 6.45) is 6.77. The fraction of sp³-hybridized carbons (Fsp3) is 0.789. The first kappa shape index (κ1) is 18.0. The lowest BCUT2D eigenvalue weighted by atomic mass is 9.60. The van der Waals surface area contributed by atoms with Gasteiger partial charge in [0.2, 0.25) is 0 Å². The normalized spacial score (nSPS) is 31.6. The van der Waals surface area contributed by atoms with Crippen molar-refractivity contribution in [1.29, 1.82) is 0 Å². The number of fused-ring (bicyclic) bond motifs is 1. The summed E-state index contributed by atoms with van der Waals surface area (Å²) >= 11 is 0. The summed E-state index contributed by atoms with van der Waals surface area (Å²) in [6.45, 7) is 8.59. The van der Waals surface area contributed by atoms with Gasteiger partial charge in [-0.1, -0.05) is 38.8 Å². The molecule has 2 aliphatic rings. The predicted octanol–water partition coefficient (Wildman–Crippen LogP) is 4.73. The molecule has 0 saturated heterocycles. The van der Waals surface area contributed by atoms with Crippen molar-refractivity contribution in [1.82, 2.24) is 0 Å². The quantitative estimate of drug-likeness (QED) is 0.426. The van der Waals surface area contributed by atoms with E-state index in [1.165, 1.54) is 18.4 Å². The second-order valence-corrected chi connectivity index (χ2v) is 7.32. The highest BCUT2D eigenvalue weighted by Gasteiger charge is 2.42. The molecule has 5 atom stereocenters. The van der Waals surface area contributed by atoms with Gasteiger partial charge >= 0.3 is 12.1 Å². The monoisotopic (exact) mass is 322 g/mol. The third-order valence-corrected chi connectivity index (χ3v) is 5.65. The van der Waals surface area contributed by atoms with Crippen molar-refractivity contribution in [2.45, 2.75) is 59.8 Å². The Morgan fingerprint density at radius 2 is 2.04 bits per heavy atom. The summed E-state index contributed by atoms with van der Waals surface area (Å²) < 4.78 is 9.73. The summed E-state index contributed by atoms with van der Waals surface area (Å²) in [7, 11) is 0. The average molecular weight is 322 g/mol. The van der Waals surface area contributed by atoms with E-state index in [0.717, 1.165) is 12.8 Å². The molecule has 0 bridgehead atoms. The maximum absolute atomic E-state index is 12.3. The van der Waals surface area contributed by atoms with Crippen molar-refractivity contribution in [3.63, 3.8) is 0 Å². The zero-order chi connectivity index (χ0) is 17.0. The maximum atomic E-state index is 12.3. The van der Waals surface area contributed by atoms with Gasteiger partial charge in [0.15, 0.2) is 0 Å². The first-order chi connectivity index (χ1) is 10.9. The van der Waals surface area contributed by atoms with Crippen LogP contribution in [0.1, 0.15) is 59.8 Å². The maximum Gasteiger partial charge on any atom is 0.516 e. The smallest absolute Gasteiger partial charge is 0.434 e. The number of esters is 1. The summed E-state index contributed by atoms with van der Waals surface area (Å²) in [5.74, 6) is 1.34. The molecule has 130 valence electrons. The minimum Gasteiger partial charge on any atom is -0.434 e. The van der Waals surface area contributed by atoms with Gasteiger partial charge in [-0.3, -0.25) is 4.79 Å². The van der Waals surface area contributed by atoms with Gasteiger partial charge in [-0.15, -0.1) is 0 Å². The van der Waals surface area contributed by atoms with Crippen LogP contribution in [-0.4, -0.2) is 18.7 Å². The Labute approximate surface area is 139 Å². The molecule has 0 aromatic heterocycles. The zero-order valence-corrected chi connectivity index (χ0v) is 14.8. The molecule has 1 saturated carbocycles. The fourth-order valence-corrected chi connectivity index (χ4v) is 4.24. The number of hydrogen-bond donors (Lipinski definition) is 0. The molecule has 4 heteroatoms. The number of allylic oxidation sites excluding steroid dienone is 2. The first-order valence-corrected chi connectivity index (χ1v) is 8.99. The van der Waals surface area contributed by atoms with Gasteiger partial charge in [-0.2, -0.15) is 0 Å². The lowest BCUT2D eigenvalue weighted by molar-refractivity contribution is -0.147. The minimum atomic E-state index is -0.861. The molecule has 0 N–H and O–H groups in total. The van der Waals surface area contributed by atoms with E-state index in [9.17, 15) is 9.59 Å². The van der Waals surface area contributed by atoms with E-state index >= 15 is 0 Å². The second kappa shape index (κ2) is 7.98. The molecule has 2 unspecified atom stereocenters. The summed E-state index contributed by atoms with van der Waals surface area (Å²) in [4.78, 5) is 23.8. The Kier molecular flexibility index (Phi) is 6.25. The largest absolute Gasteiger partial charge is 0.516 e. The van der Waals surface area contributed by atoms with Crippen LogP contribution in [0, 0.1) is 29.6 Å². The van der Waals surface area contributed by atoms with Crippen molar-refractivity contribution in [3.8, 4) is 0 Å². The van der Waals surface area contributed by atoms with Crippen LogP contribution in [0.2, 0.25) is 0 Å². The fourth-order valence-electron chi connectivity index (χ4n) is 4.24. The van der Waals surface area contributed by atoms with Gasteiger partial charge in [0, 0.05) is 0 Å². The van der Waals surface area contributed by atoms with E-state index < -0.39 is 12.1 Å². The Balaban J connectivity index is 2.02. The van der Waals surface area contributed by atoms with Gasteiger partial charge in [0.1, 0.15) is 0 Å². The standard InChI is InChI=1S/C19H30O4/c1-5-10-22-19(21)23-18(20)14(4)16-9-7-13(3)15-8-6-12(2)11-17(15)16/h11,13-17H,5-10H2,1-4H3/t13-,14?,15+,16?,17+/m1/s1. The molecule has 0 amide bonds. The Hall–Kier alpha value is -1.32. The summed E-state index contributed by atoms with van der Waals surface area (Å²) in [5.41, 5.74) is 1.42. The number of rotatable bonds is 4. The second-order valence-electron chi connectivity index (χ2n) is 7.32. The van der Waals surface area contributed by atoms with Crippen LogP contribution in [-0.2, 0) is 14.3 Å². The van der Waals surface area contributed by atoms with E-state index in [-0.39, 0.29) is 18.4 Å². The first-order valence-electron chi connectivity index (χ1n) is 8.99. The van der Waals surface area contributed by atoms with Crippen molar-refractivity contribution in [2.24, 2.45) is 29.6 Å². The van der Waals surface area contributed by atoms with Crippen LogP contribution in [0.5, 0.6) is 0 Å². The lowest BCUT2D eigenvalue weighted by Gasteiger charge is -2.45. The number of carbonyl (C=O) groups excluding carboxylic acids is 2. The topological polar surface area (TPSA) is 52.6 Å². The predicted molar refractivity (Wildman–Crippen MR) is 88.8 cm³/mol. The summed E-state index contributed by atoms with van der Waals surface area (Å²) in [6, 6.07) is 0. The zero-order valence-electron chi connectivity index (χ0n) is 14.8. The van der Waals surface area contributed by atoms with E-state index in [0.29, 0.717) is 24.2 Å². The van der Waals surface area contributed by atoms with Crippen LogP contribution in [0.4, 0.5) is 4.79 Å². The summed E-state index contributed by atoms with van der Waals surface area (Å²) in [5, 5.41) is 0. The molecule has 2 rings (SSSR count). The number of ether oxygens (including phenoxy) is 2. The number of hydrogen-bond acceptors (Lipinski definition) is 4. The van der Waals surface area contributed by atoms with Crippen LogP contribution in [0.15, 0.2) is 11.6 Å². The number of carbonyl (C=O) groups is 2. The third-order valence-electron chi connectivity index (χ3n) is 5.65. The molecule has 0 heterocycles. The van der Waals surface area contributed by atoms with E-state index in [1.54, 1.807) is 0 Å². The van der Waals surface area contributed by atoms with Crippen molar-refractivity contribution in [2.75, 3.05) is 6.61 Å². The molecule has 23 heavy (non-hydrogen) atoms. The van der Waals surface area contributed by atoms with E-state index in [2.05, 4.69) is 19.9 Å². The Morgan fingerprint density at radius 3 is 2.74 bits per heavy atom. The molecule has 0 radical (unpaired) electrons. The van der Waals surface area contributed by atoms with Crippen LogP contribution >= 0.6 is 0 Å². The van der Waals surface area contributed by atoms with Gasteiger partial charge in [-0.05, 0) is 56.3 Å². The van der Waals surface area contributed by atoms with Crippen LogP contribution in [0.3, 0.4) is 0 Å². The SMILES string of the molecule is CCCOC(=O)OC(=O)C(C)C1CC[C@@H](C)[C@@H]2CCC(C)=C[C@H]12. The molecule has 0 aromatic rings. The molecular formula is C19H30O4. The molecule has 0 aromatic carbocycles. The minimum absolute atomic E-state index is 0.262. The lowest BCUT2D eigenvalue weighted by Crippen LogP contribution is -2.40. The highest BCUT2D eigenvalue weighted by molar-refractivity contribution is 5.83.